The van der Waals surface area contributed by atoms with Gasteiger partial charge in [0, 0.05) is 73.7 Å². The molecule has 0 aliphatic heterocycles. The Bertz CT molecular complexity index is 6640. The first kappa shape index (κ1) is 98.5. The second-order valence-electron chi connectivity index (χ2n) is 26.5. The Balaban J connectivity index is 0.000000196. The number of hydrogen-bond donors (Lipinski definition) is 10. The minimum absolute atomic E-state index is 0.0151. The van der Waals surface area contributed by atoms with Crippen molar-refractivity contribution in [2.75, 3.05) is 14.2 Å². The smallest absolute Gasteiger partial charge is 0.416 e. The van der Waals surface area contributed by atoms with Crippen molar-refractivity contribution in [2.45, 2.75) is 40.0 Å². The van der Waals surface area contributed by atoms with Gasteiger partial charge in [0.15, 0.2) is 45.8 Å². The number of carboxylic acids is 2. The number of carboxylic acid groups (broad SMARTS) is 2. The quantitative estimate of drug-likeness (QED) is 0.00990. The van der Waals surface area contributed by atoms with Gasteiger partial charge in [0.25, 0.3) is 35.0 Å². The van der Waals surface area contributed by atoms with Crippen LogP contribution in [-0.2, 0) is 50.0 Å². The van der Waals surface area contributed by atoms with Gasteiger partial charge in [0.2, 0.25) is 0 Å². The maximum absolute atomic E-state index is 12.8. The third-order valence-corrected chi connectivity index (χ3v) is 21.5. The largest absolute Gasteiger partial charge is 0.504 e. The van der Waals surface area contributed by atoms with Crippen LogP contribution in [0, 0.1) is 20.2 Å². The number of thiophene rings is 2. The number of benzene rings is 6. The summed E-state index contributed by atoms with van der Waals surface area (Å²) in [5, 5.41) is 117. The molecule has 0 saturated carbocycles. The number of halogens is 10. The molecule has 6 aromatic carbocycles. The summed E-state index contributed by atoms with van der Waals surface area (Å²) in [6.45, 7) is 5.95. The minimum Gasteiger partial charge on any atom is -0.504 e. The number of ether oxygens (including phenoxy) is 2. The molecule has 0 saturated heterocycles. The minimum atomic E-state index is -4.52. The van der Waals surface area contributed by atoms with E-state index in [1.165, 1.54) is 108 Å². The molecule has 0 aliphatic rings. The number of hydrazone groups is 4. The summed E-state index contributed by atoms with van der Waals surface area (Å²) in [6, 6.07) is 29.6. The van der Waals surface area contributed by atoms with Crippen LogP contribution in [0.3, 0.4) is 0 Å². The van der Waals surface area contributed by atoms with Gasteiger partial charge in [-0.2, -0.15) is 67.1 Å². The van der Waals surface area contributed by atoms with Crippen LogP contribution in [0.2, 0.25) is 20.1 Å². The molecule has 6 heterocycles. The number of amides is 4. The fourth-order valence-corrected chi connectivity index (χ4v) is 13.7. The number of carbonyl (C=O) groups excluding carboxylic acids is 6. The summed E-state index contributed by atoms with van der Waals surface area (Å²) >= 11 is 25.8. The highest BCUT2D eigenvalue weighted by molar-refractivity contribution is 7.16. The molecule has 676 valence electrons. The van der Waals surface area contributed by atoms with Gasteiger partial charge >= 0.3 is 36.2 Å². The molecule has 0 bridgehead atoms. The van der Waals surface area contributed by atoms with Crippen LogP contribution in [0.1, 0.15) is 142 Å². The molecule has 0 aliphatic carbocycles. The molecule has 38 nitrogen and oxygen atoms in total. The second kappa shape index (κ2) is 41.5. The molecule has 0 spiro atoms. The van der Waals surface area contributed by atoms with Gasteiger partial charge in [0.1, 0.15) is 43.7 Å². The zero-order chi connectivity index (χ0) is 96.2. The van der Waals surface area contributed by atoms with E-state index in [1.54, 1.807) is 64.3 Å². The number of aryl methyl sites for hydroxylation is 4. The van der Waals surface area contributed by atoms with Crippen molar-refractivity contribution >= 4 is 151 Å². The number of aromatic carboxylic acids is 2. The van der Waals surface area contributed by atoms with Gasteiger partial charge in [0.05, 0.1) is 87.9 Å². The summed E-state index contributed by atoms with van der Waals surface area (Å²) in [7, 11) is 8.54. The Morgan fingerprint density at radius 2 is 0.685 bits per heavy atom. The van der Waals surface area contributed by atoms with Crippen LogP contribution in [0.25, 0.3) is 45.0 Å². The molecule has 50 heteroatoms. The molecule has 0 unspecified atom stereocenters. The van der Waals surface area contributed by atoms with Crippen molar-refractivity contribution in [1.82, 2.24) is 60.8 Å². The third-order valence-electron chi connectivity index (χ3n) is 17.9. The Morgan fingerprint density at radius 3 is 0.985 bits per heavy atom. The van der Waals surface area contributed by atoms with Crippen molar-refractivity contribution in [1.29, 1.82) is 0 Å². The number of esters is 2. The Labute approximate surface area is 754 Å². The lowest BCUT2D eigenvalue weighted by Gasteiger charge is -2.08. The Hall–Kier alpha value is -15.3. The molecule has 10 N–H and O–H groups in total. The standard InChI is InChI=1S/C22H18F3N5O6.C21H16F3N5O6.C19H16Cl2N4O4S.C18H14Cl2N4O4S/c1-11(26-27-20(32)13-6-9-15(21(33)36-3)16(10-13)30(34)35)17-19(31)18(29(2)28-17)12-4-7-14(8-5-12)22(23,24)25;1-10(25-26-19(31)12-5-8-14(20(32)33)15(9-12)29(34)35)16-18(30)17(28(2)27-16)11-3-6-13(7-4-11)21(22,23)24;1-9(22-23-18(27)13-6-7-14(30-13)19(28)29-3)15-17(26)16(25(2)24-15)10-4-5-11(20)12(21)8-10;1-8(21-22-17(26)12-5-6-13(29-12)18(27)28)14-16(25)15(24(2)23-14)9-3-4-10(19)11(20)7-9/h4-10,31H,1-3H3,(H,27,32);3-9,30H,1-2H3,(H,26,31)(H,32,33);4-8,26H,1-3H3,(H,23,27);3-7,25H,1-2H3,(H,22,26)(H,27,28)/b26-11+;25-10+;22-9+;21-8+. The van der Waals surface area contributed by atoms with Gasteiger partial charge in [-0.25, -0.2) is 40.9 Å². The predicted octanol–water partition coefficient (Wildman–Crippen LogP) is 15.3. The van der Waals surface area contributed by atoms with E-state index in [-0.39, 0.29) is 117 Å². The highest BCUT2D eigenvalue weighted by Crippen LogP contribution is 2.41. The van der Waals surface area contributed by atoms with Gasteiger partial charge in [-0.15, -0.1) is 22.7 Å². The van der Waals surface area contributed by atoms with Gasteiger partial charge in [-0.05, 0) is 125 Å². The number of alkyl halides is 6. The number of methoxy groups -OCH3 is 2. The summed E-state index contributed by atoms with van der Waals surface area (Å²) < 4.78 is 91.4. The first-order valence-corrected chi connectivity index (χ1v) is 39.3. The zero-order valence-electron chi connectivity index (χ0n) is 68.1. The molecule has 12 aromatic rings. The van der Waals surface area contributed by atoms with Crippen LogP contribution in [0.5, 0.6) is 23.0 Å². The maximum Gasteiger partial charge on any atom is 0.416 e. The number of aromatic hydroxyl groups is 4. The van der Waals surface area contributed by atoms with E-state index in [1.807, 2.05) is 0 Å². The van der Waals surface area contributed by atoms with Crippen LogP contribution in [0.4, 0.5) is 37.7 Å². The Morgan fingerprint density at radius 1 is 0.392 bits per heavy atom. The van der Waals surface area contributed by atoms with Crippen molar-refractivity contribution in [3.05, 3.63) is 262 Å². The third kappa shape index (κ3) is 23.1. The van der Waals surface area contributed by atoms with E-state index in [0.29, 0.717) is 47.5 Å². The summed E-state index contributed by atoms with van der Waals surface area (Å²) in [5.74, 6) is -7.97. The number of aromatic nitrogens is 8. The van der Waals surface area contributed by atoms with Gasteiger partial charge in [-0.1, -0.05) is 82.8 Å². The molecule has 4 amide bonds. The normalized spacial score (nSPS) is 11.7. The maximum atomic E-state index is 12.8. The number of nitro groups is 2. The van der Waals surface area contributed by atoms with E-state index in [9.17, 15) is 105 Å². The van der Waals surface area contributed by atoms with Crippen molar-refractivity contribution in [3.63, 3.8) is 0 Å². The molecule has 0 atom stereocenters. The van der Waals surface area contributed by atoms with Crippen LogP contribution in [0.15, 0.2) is 166 Å². The summed E-state index contributed by atoms with van der Waals surface area (Å²) in [4.78, 5) is 116. The summed E-state index contributed by atoms with van der Waals surface area (Å²) in [5.41, 5.74) is 8.14. The van der Waals surface area contributed by atoms with Crippen LogP contribution >= 0.6 is 69.1 Å². The fraction of sp³-hybridized carbons (Fsp3) is 0.150. The lowest BCUT2D eigenvalue weighted by atomic mass is 10.1. The fourth-order valence-electron chi connectivity index (χ4n) is 11.6. The number of nitro benzene ring substituents is 2. The van der Waals surface area contributed by atoms with E-state index < -0.39 is 104 Å². The average molecular weight is 1920 g/mol. The number of carbonyl (C=O) groups is 8. The number of nitrogens with one attached hydrogen (secondary N) is 4. The first-order valence-electron chi connectivity index (χ1n) is 36.2. The SMILES string of the molecule is C/C(=N\NC(=O)c1ccc(C(=O)O)c([N+](=O)[O-])c1)c1nn(C)c(-c2ccc(C(F)(F)F)cc2)c1O.C/C(=N\NC(=O)c1ccc(C(=O)O)s1)c1nn(C)c(-c2ccc(Cl)c(Cl)c2)c1O.COC(=O)c1ccc(C(=O)N/N=C(\C)c2nn(C)c(-c3ccc(C(F)(F)F)cc3)c2O)cc1[N+](=O)[O-].COC(=O)c1ccc(C(=O)N/N=C(\C)c2nn(C)c(-c3ccc(Cl)c(Cl)c3)c2O)s1. The van der Waals surface area contributed by atoms with Crippen LogP contribution < -0.4 is 21.7 Å². The van der Waals surface area contributed by atoms with Gasteiger partial charge in [-0.3, -0.25) is 58.1 Å². The molecular formula is C80H64Cl4F6N18O20S2. The first-order chi connectivity index (χ1) is 61.1. The lowest BCUT2D eigenvalue weighted by Crippen LogP contribution is -2.20. The monoisotopic (exact) mass is 1910 g/mol. The van der Waals surface area contributed by atoms with E-state index in [2.05, 4.69) is 72.0 Å². The lowest BCUT2D eigenvalue weighted by molar-refractivity contribution is -0.385. The average Bonchev–Trinajstić information content (AvgIpc) is 1.68. The number of rotatable bonds is 22. The van der Waals surface area contributed by atoms with Crippen molar-refractivity contribution in [2.24, 2.45) is 48.6 Å². The van der Waals surface area contributed by atoms with Gasteiger partial charge < -0.3 is 40.1 Å². The summed E-state index contributed by atoms with van der Waals surface area (Å²) in [6.07, 6.45) is -9.03. The number of hydrogen-bond acceptors (Lipinski definition) is 28. The highest BCUT2D eigenvalue weighted by Gasteiger charge is 2.34. The van der Waals surface area contributed by atoms with Crippen LogP contribution in [-0.4, -0.2) is 164 Å². The molecular weight excluding hydrogens is 1850 g/mol. The number of nitrogens with zero attached hydrogens (tertiary/aromatic N) is 14. The zero-order valence-corrected chi connectivity index (χ0v) is 72.8. The molecule has 130 heavy (non-hydrogen) atoms. The molecule has 6 aromatic heterocycles. The van der Waals surface area contributed by atoms with Crippen molar-refractivity contribution in [3.8, 4) is 68.0 Å². The van der Waals surface area contributed by atoms with Crippen molar-refractivity contribution < 1.29 is 115 Å². The molecule has 12 rings (SSSR count). The second-order valence-corrected chi connectivity index (χ2v) is 30.3. The topological polar surface area (TPSA) is 532 Å². The highest BCUT2D eigenvalue weighted by atomic mass is 35.5. The predicted molar refractivity (Wildman–Crippen MR) is 461 cm³/mol. The molecule has 0 fully saturated rings. The van der Waals surface area contributed by atoms with E-state index in [0.717, 1.165) is 84.4 Å². The molecule has 0 radical (unpaired) electrons. The van der Waals surface area contributed by atoms with E-state index >= 15 is 0 Å². The Kier molecular flexibility index (Phi) is 31.4. The van der Waals surface area contributed by atoms with E-state index in [4.69, 9.17) is 56.6 Å².